The molecule has 0 aliphatic heterocycles. The lowest BCUT2D eigenvalue weighted by Crippen LogP contribution is -2.23. The minimum atomic E-state index is -0.169. The molecule has 0 atom stereocenters. The number of benzene rings is 1. The monoisotopic (exact) mass is 259 g/mol. The van der Waals surface area contributed by atoms with E-state index < -0.39 is 0 Å². The number of H-pyrrole nitrogens is 1. The minimum absolute atomic E-state index is 0.169. The zero-order valence-corrected chi connectivity index (χ0v) is 11.3. The van der Waals surface area contributed by atoms with Crippen molar-refractivity contribution in [1.82, 2.24) is 15.5 Å². The Balaban J connectivity index is 1.98. The lowest BCUT2D eigenvalue weighted by Gasteiger charge is -2.05. The van der Waals surface area contributed by atoms with Crippen LogP contribution < -0.4 is 10.1 Å². The Hall–Kier alpha value is -2.30. The predicted octanol–water partition coefficient (Wildman–Crippen LogP) is 1.97. The van der Waals surface area contributed by atoms with E-state index in [1.54, 1.807) is 7.11 Å². The maximum atomic E-state index is 12.0. The van der Waals surface area contributed by atoms with Gasteiger partial charge >= 0.3 is 0 Å². The molecule has 0 unspecified atom stereocenters. The minimum Gasteiger partial charge on any atom is -0.497 e. The Bertz CT molecular complexity index is 573. The predicted molar refractivity (Wildman–Crippen MR) is 72.2 cm³/mol. The standard InChI is InChI=1S/C14H17N3O2/c1-9-10(2)16-17-13(9)14(18)15-8-11-4-6-12(19-3)7-5-11/h4-7H,8H2,1-3H3,(H,15,18)(H,16,17). The first kappa shape index (κ1) is 13.1. The van der Waals surface area contributed by atoms with Gasteiger partial charge < -0.3 is 10.1 Å². The van der Waals surface area contributed by atoms with E-state index in [4.69, 9.17) is 4.74 Å². The van der Waals surface area contributed by atoms with Gasteiger partial charge in [-0.05, 0) is 31.5 Å². The van der Waals surface area contributed by atoms with Crippen molar-refractivity contribution in [2.45, 2.75) is 20.4 Å². The summed E-state index contributed by atoms with van der Waals surface area (Å²) < 4.78 is 5.08. The fraction of sp³-hybridized carbons (Fsp3) is 0.286. The van der Waals surface area contributed by atoms with E-state index >= 15 is 0 Å². The molecule has 0 spiro atoms. The summed E-state index contributed by atoms with van der Waals surface area (Å²) in [4.78, 5) is 12.0. The second-order valence-corrected chi connectivity index (χ2v) is 4.35. The SMILES string of the molecule is COc1ccc(CNC(=O)c2n[nH]c(C)c2C)cc1. The highest BCUT2D eigenvalue weighted by molar-refractivity contribution is 5.93. The Morgan fingerprint density at radius 2 is 2.00 bits per heavy atom. The smallest absolute Gasteiger partial charge is 0.272 e. The van der Waals surface area contributed by atoms with Crippen molar-refractivity contribution in [3.05, 3.63) is 46.8 Å². The van der Waals surface area contributed by atoms with Gasteiger partial charge in [0.15, 0.2) is 5.69 Å². The largest absolute Gasteiger partial charge is 0.497 e. The Morgan fingerprint density at radius 3 is 2.53 bits per heavy atom. The summed E-state index contributed by atoms with van der Waals surface area (Å²) in [7, 11) is 1.62. The van der Waals surface area contributed by atoms with Gasteiger partial charge in [-0.3, -0.25) is 9.89 Å². The molecule has 2 N–H and O–H groups in total. The number of carbonyl (C=O) groups excluding carboxylic acids is 1. The van der Waals surface area contributed by atoms with Gasteiger partial charge in [0, 0.05) is 17.8 Å². The zero-order chi connectivity index (χ0) is 13.8. The maximum Gasteiger partial charge on any atom is 0.272 e. The molecule has 0 radical (unpaired) electrons. The highest BCUT2D eigenvalue weighted by atomic mass is 16.5. The number of carbonyl (C=O) groups is 1. The molecule has 0 bridgehead atoms. The third-order valence-electron chi connectivity index (χ3n) is 3.08. The third-order valence-corrected chi connectivity index (χ3v) is 3.08. The van der Waals surface area contributed by atoms with Crippen LogP contribution in [0, 0.1) is 13.8 Å². The third kappa shape index (κ3) is 2.93. The van der Waals surface area contributed by atoms with E-state index in [9.17, 15) is 4.79 Å². The van der Waals surface area contributed by atoms with Crippen LogP contribution in [0.3, 0.4) is 0 Å². The van der Waals surface area contributed by atoms with Crippen LogP contribution in [0.5, 0.6) is 5.75 Å². The molecule has 2 aromatic rings. The van der Waals surface area contributed by atoms with Gasteiger partial charge in [-0.1, -0.05) is 12.1 Å². The van der Waals surface area contributed by atoms with Crippen molar-refractivity contribution in [3.8, 4) is 5.75 Å². The number of rotatable bonds is 4. The fourth-order valence-electron chi connectivity index (χ4n) is 1.72. The summed E-state index contributed by atoms with van der Waals surface area (Å²) in [5.41, 5.74) is 3.26. The highest BCUT2D eigenvalue weighted by Crippen LogP contribution is 2.12. The number of hydrogen-bond donors (Lipinski definition) is 2. The Kier molecular flexibility index (Phi) is 3.85. The van der Waals surface area contributed by atoms with Gasteiger partial charge in [0.1, 0.15) is 5.75 Å². The second kappa shape index (κ2) is 5.56. The van der Waals surface area contributed by atoms with Gasteiger partial charge in [-0.2, -0.15) is 5.10 Å². The number of aryl methyl sites for hydroxylation is 1. The summed E-state index contributed by atoms with van der Waals surface area (Å²) in [5, 5.41) is 9.65. The van der Waals surface area contributed by atoms with Crippen molar-refractivity contribution in [2.24, 2.45) is 0 Å². The van der Waals surface area contributed by atoms with Crippen molar-refractivity contribution < 1.29 is 9.53 Å². The van der Waals surface area contributed by atoms with Crippen LogP contribution in [0.4, 0.5) is 0 Å². The van der Waals surface area contributed by atoms with Crippen LogP contribution in [-0.4, -0.2) is 23.2 Å². The average Bonchev–Trinajstić information content (AvgIpc) is 2.77. The van der Waals surface area contributed by atoms with E-state index in [0.29, 0.717) is 12.2 Å². The van der Waals surface area contributed by atoms with Crippen LogP contribution in [0.25, 0.3) is 0 Å². The molecular weight excluding hydrogens is 242 g/mol. The topological polar surface area (TPSA) is 67.0 Å². The molecule has 0 saturated carbocycles. The van der Waals surface area contributed by atoms with Crippen molar-refractivity contribution in [2.75, 3.05) is 7.11 Å². The lowest BCUT2D eigenvalue weighted by atomic mass is 10.2. The number of methoxy groups -OCH3 is 1. The quantitative estimate of drug-likeness (QED) is 0.882. The first-order valence-electron chi connectivity index (χ1n) is 6.04. The van der Waals surface area contributed by atoms with E-state index in [1.807, 2.05) is 38.1 Å². The molecule has 0 saturated heterocycles. The summed E-state index contributed by atoms with van der Waals surface area (Å²) in [6.45, 7) is 4.23. The number of ether oxygens (including phenoxy) is 1. The van der Waals surface area contributed by atoms with Gasteiger partial charge in [-0.25, -0.2) is 0 Å². The fourth-order valence-corrected chi connectivity index (χ4v) is 1.72. The Labute approximate surface area is 112 Å². The van der Waals surface area contributed by atoms with Crippen LogP contribution in [-0.2, 0) is 6.54 Å². The molecular formula is C14H17N3O2. The van der Waals surface area contributed by atoms with Gasteiger partial charge in [0.25, 0.3) is 5.91 Å². The first-order chi connectivity index (χ1) is 9.11. The molecule has 19 heavy (non-hydrogen) atoms. The van der Waals surface area contributed by atoms with Crippen LogP contribution in [0.15, 0.2) is 24.3 Å². The summed E-state index contributed by atoms with van der Waals surface area (Å²) in [6, 6.07) is 7.57. The molecule has 100 valence electrons. The molecule has 0 aliphatic rings. The molecule has 1 amide bonds. The molecule has 0 aliphatic carbocycles. The van der Waals surface area contributed by atoms with E-state index in [-0.39, 0.29) is 5.91 Å². The molecule has 1 aromatic carbocycles. The van der Waals surface area contributed by atoms with Gasteiger partial charge in [0.05, 0.1) is 7.11 Å². The summed E-state index contributed by atoms with van der Waals surface area (Å²) in [6.07, 6.45) is 0. The number of aromatic amines is 1. The number of amides is 1. The molecule has 1 heterocycles. The van der Waals surface area contributed by atoms with Crippen LogP contribution in [0.1, 0.15) is 27.3 Å². The maximum absolute atomic E-state index is 12.0. The lowest BCUT2D eigenvalue weighted by molar-refractivity contribution is 0.0945. The van der Waals surface area contributed by atoms with Crippen LogP contribution in [0.2, 0.25) is 0 Å². The molecule has 2 rings (SSSR count). The molecule has 0 fully saturated rings. The molecule has 5 nitrogen and oxygen atoms in total. The van der Waals surface area contributed by atoms with Crippen molar-refractivity contribution >= 4 is 5.91 Å². The number of aromatic nitrogens is 2. The number of nitrogens with zero attached hydrogens (tertiary/aromatic N) is 1. The van der Waals surface area contributed by atoms with Crippen molar-refractivity contribution in [3.63, 3.8) is 0 Å². The normalized spacial score (nSPS) is 10.3. The van der Waals surface area contributed by atoms with E-state index in [2.05, 4.69) is 15.5 Å². The second-order valence-electron chi connectivity index (χ2n) is 4.35. The van der Waals surface area contributed by atoms with E-state index in [1.165, 1.54) is 0 Å². The summed E-state index contributed by atoms with van der Waals surface area (Å²) >= 11 is 0. The average molecular weight is 259 g/mol. The highest BCUT2D eigenvalue weighted by Gasteiger charge is 2.13. The Morgan fingerprint density at radius 1 is 1.32 bits per heavy atom. The number of hydrogen-bond acceptors (Lipinski definition) is 3. The van der Waals surface area contributed by atoms with Crippen LogP contribution >= 0.6 is 0 Å². The van der Waals surface area contributed by atoms with E-state index in [0.717, 1.165) is 22.6 Å². The first-order valence-corrected chi connectivity index (χ1v) is 6.04. The molecule has 1 aromatic heterocycles. The summed E-state index contributed by atoms with van der Waals surface area (Å²) in [5.74, 6) is 0.631. The number of nitrogens with one attached hydrogen (secondary N) is 2. The molecule has 5 heteroatoms. The van der Waals surface area contributed by atoms with Gasteiger partial charge in [-0.15, -0.1) is 0 Å². The van der Waals surface area contributed by atoms with Crippen molar-refractivity contribution in [1.29, 1.82) is 0 Å². The van der Waals surface area contributed by atoms with Gasteiger partial charge in [0.2, 0.25) is 0 Å². The zero-order valence-electron chi connectivity index (χ0n) is 11.3.